The van der Waals surface area contributed by atoms with Gasteiger partial charge in [-0.25, -0.2) is 4.98 Å². The zero-order valence-electron chi connectivity index (χ0n) is 20.7. The minimum atomic E-state index is -0.0115. The number of hydrogen-bond donors (Lipinski definition) is 1. The summed E-state index contributed by atoms with van der Waals surface area (Å²) in [5.74, 6) is 3.07. The minimum absolute atomic E-state index is 0.0115. The molecule has 1 atom stereocenters. The van der Waals surface area contributed by atoms with Gasteiger partial charge in [0.1, 0.15) is 17.3 Å². The molecule has 0 saturated carbocycles. The molecule has 3 aromatic rings. The molecule has 2 aromatic carbocycles. The van der Waals surface area contributed by atoms with E-state index < -0.39 is 0 Å². The maximum atomic E-state index is 13.2. The van der Waals surface area contributed by atoms with Crippen molar-refractivity contribution in [3.63, 3.8) is 0 Å². The van der Waals surface area contributed by atoms with Crippen LogP contribution in [0.3, 0.4) is 0 Å². The molecule has 0 saturated heterocycles. The van der Waals surface area contributed by atoms with Gasteiger partial charge in [0.15, 0.2) is 5.78 Å². The lowest BCUT2D eigenvalue weighted by molar-refractivity contribution is -0.116. The molecular weight excluding hydrogens is 436 g/mol. The highest BCUT2D eigenvalue weighted by molar-refractivity contribution is 5.96. The zero-order chi connectivity index (χ0) is 24.5. The maximum absolute atomic E-state index is 13.2. The summed E-state index contributed by atoms with van der Waals surface area (Å²) >= 11 is 0. The number of nitrogens with one attached hydrogen (secondary N) is 1. The molecule has 5 rings (SSSR count). The zero-order valence-corrected chi connectivity index (χ0v) is 20.7. The van der Waals surface area contributed by atoms with Crippen LogP contribution in [0.25, 0.3) is 0 Å². The Bertz CT molecular complexity index is 1290. The van der Waals surface area contributed by atoms with Crippen molar-refractivity contribution in [1.82, 2.24) is 4.98 Å². The van der Waals surface area contributed by atoms with Gasteiger partial charge in [0.05, 0.1) is 0 Å². The summed E-state index contributed by atoms with van der Waals surface area (Å²) in [4.78, 5) is 29.1. The first-order valence-electron chi connectivity index (χ1n) is 12.6. The first-order valence-corrected chi connectivity index (χ1v) is 12.6. The Labute approximate surface area is 206 Å². The van der Waals surface area contributed by atoms with Gasteiger partial charge in [-0.05, 0) is 91.5 Å². The maximum Gasteiger partial charge on any atom is 0.225 e. The van der Waals surface area contributed by atoms with E-state index in [1.54, 1.807) is 6.20 Å². The van der Waals surface area contributed by atoms with Gasteiger partial charge in [-0.2, -0.15) is 0 Å². The Morgan fingerprint density at radius 2 is 1.94 bits per heavy atom. The largest absolute Gasteiger partial charge is 0.457 e. The van der Waals surface area contributed by atoms with Crippen LogP contribution in [0.1, 0.15) is 77.2 Å². The summed E-state index contributed by atoms with van der Waals surface area (Å²) in [6.45, 7) is 6.39. The van der Waals surface area contributed by atoms with Crippen LogP contribution >= 0.6 is 0 Å². The van der Waals surface area contributed by atoms with E-state index in [0.717, 1.165) is 47.5 Å². The van der Waals surface area contributed by atoms with Crippen molar-refractivity contribution in [1.29, 1.82) is 0 Å². The Morgan fingerprint density at radius 1 is 1.09 bits per heavy atom. The van der Waals surface area contributed by atoms with Gasteiger partial charge >= 0.3 is 0 Å². The fourth-order valence-electron chi connectivity index (χ4n) is 5.21. The summed E-state index contributed by atoms with van der Waals surface area (Å²) in [6, 6.07) is 14.4. The van der Waals surface area contributed by atoms with E-state index in [-0.39, 0.29) is 11.7 Å². The van der Waals surface area contributed by atoms with Crippen LogP contribution in [0, 0.1) is 12.8 Å². The average Bonchev–Trinajstić information content (AvgIpc) is 2.83. The standard InChI is InChI=1S/C30H32N2O3/c1-18(2)22-12-19(3)13-24(16-22)27(33)15-20-4-5-21-6-7-25(17-23(21)14-20)35-28-10-11-31-30-26(28)8-9-29(34)32-30/h6-7,10-13,16-18,20H,4-5,8-9,14-15H2,1-3H3,(H,31,32,34)/t20-/m1/s1. The lowest BCUT2D eigenvalue weighted by Gasteiger charge is -2.25. The van der Waals surface area contributed by atoms with E-state index >= 15 is 0 Å². The van der Waals surface area contributed by atoms with Gasteiger partial charge in [0.25, 0.3) is 0 Å². The second-order valence-electron chi connectivity index (χ2n) is 10.2. The lowest BCUT2D eigenvalue weighted by atomic mass is 9.80. The van der Waals surface area contributed by atoms with Gasteiger partial charge in [0.2, 0.25) is 5.91 Å². The van der Waals surface area contributed by atoms with Gasteiger partial charge in [-0.1, -0.05) is 31.5 Å². The highest BCUT2D eigenvalue weighted by Crippen LogP contribution is 2.36. The molecule has 35 heavy (non-hydrogen) atoms. The molecule has 0 spiro atoms. The Balaban J connectivity index is 1.30. The summed E-state index contributed by atoms with van der Waals surface area (Å²) < 4.78 is 6.25. The van der Waals surface area contributed by atoms with E-state index in [1.807, 2.05) is 18.2 Å². The molecule has 2 aliphatic rings. The number of carbonyl (C=O) groups excluding carboxylic acids is 2. The van der Waals surface area contributed by atoms with Crippen molar-refractivity contribution in [3.05, 3.63) is 82.0 Å². The number of ketones is 1. The highest BCUT2D eigenvalue weighted by atomic mass is 16.5. The van der Waals surface area contributed by atoms with Crippen molar-refractivity contribution in [3.8, 4) is 11.5 Å². The van der Waals surface area contributed by atoms with Crippen molar-refractivity contribution < 1.29 is 14.3 Å². The third kappa shape index (κ3) is 5.14. The lowest BCUT2D eigenvalue weighted by Crippen LogP contribution is -2.20. The SMILES string of the molecule is Cc1cc(C(=O)C[C@@H]2CCc3ccc(Oc4ccnc5c4CCC(=O)N5)cc3C2)cc(C(C)C)c1. The predicted octanol–water partition coefficient (Wildman–Crippen LogP) is 6.57. The van der Waals surface area contributed by atoms with E-state index in [2.05, 4.69) is 55.3 Å². The normalized spacial score (nSPS) is 16.9. The number of Topliss-reactive ketones (excluding diaryl/α,β-unsaturated/α-hetero) is 1. The summed E-state index contributed by atoms with van der Waals surface area (Å²) in [6.07, 6.45) is 6.19. The van der Waals surface area contributed by atoms with E-state index in [1.165, 1.54) is 16.7 Å². The van der Waals surface area contributed by atoms with E-state index in [4.69, 9.17) is 4.74 Å². The number of hydrogen-bond acceptors (Lipinski definition) is 4. The number of rotatable bonds is 6. The Kier molecular flexibility index (Phi) is 6.42. The molecule has 1 aliphatic heterocycles. The smallest absolute Gasteiger partial charge is 0.225 e. The van der Waals surface area contributed by atoms with Crippen LogP contribution in [0.5, 0.6) is 11.5 Å². The topological polar surface area (TPSA) is 68.3 Å². The number of aryl methyl sites for hydroxylation is 2. The van der Waals surface area contributed by atoms with E-state index in [0.29, 0.717) is 36.9 Å². The first kappa shape index (κ1) is 23.3. The number of pyridine rings is 1. The molecule has 5 heteroatoms. The predicted molar refractivity (Wildman–Crippen MR) is 137 cm³/mol. The van der Waals surface area contributed by atoms with Crippen molar-refractivity contribution in [2.45, 2.75) is 65.2 Å². The number of amides is 1. The second kappa shape index (κ2) is 9.65. The minimum Gasteiger partial charge on any atom is -0.457 e. The number of ether oxygens (including phenoxy) is 1. The summed E-state index contributed by atoms with van der Waals surface area (Å²) in [5.41, 5.74) is 6.74. The molecule has 0 unspecified atom stereocenters. The first-order chi connectivity index (χ1) is 16.9. The summed E-state index contributed by atoms with van der Waals surface area (Å²) in [5, 5.41) is 2.82. The quantitative estimate of drug-likeness (QED) is 0.416. The number of aromatic nitrogens is 1. The van der Waals surface area contributed by atoms with Gasteiger partial charge in [-0.15, -0.1) is 0 Å². The number of benzene rings is 2. The number of anilines is 1. The molecule has 2 heterocycles. The molecule has 1 N–H and O–H groups in total. The van der Waals surface area contributed by atoms with Crippen LogP contribution in [-0.2, 0) is 24.1 Å². The van der Waals surface area contributed by atoms with Gasteiger partial charge in [0, 0.05) is 30.2 Å². The molecule has 0 radical (unpaired) electrons. The molecule has 0 fully saturated rings. The Hall–Kier alpha value is -3.47. The molecule has 1 aliphatic carbocycles. The van der Waals surface area contributed by atoms with Gasteiger partial charge < -0.3 is 10.1 Å². The fourth-order valence-corrected chi connectivity index (χ4v) is 5.21. The van der Waals surface area contributed by atoms with E-state index in [9.17, 15) is 9.59 Å². The average molecular weight is 469 g/mol. The summed E-state index contributed by atoms with van der Waals surface area (Å²) in [7, 11) is 0. The van der Waals surface area contributed by atoms with Crippen molar-refractivity contribution in [2.75, 3.05) is 5.32 Å². The number of nitrogens with zero attached hydrogens (tertiary/aromatic N) is 1. The molecule has 1 aromatic heterocycles. The molecular formula is C30H32N2O3. The number of fused-ring (bicyclic) bond motifs is 2. The van der Waals surface area contributed by atoms with Crippen LogP contribution in [-0.4, -0.2) is 16.7 Å². The van der Waals surface area contributed by atoms with Crippen molar-refractivity contribution in [2.24, 2.45) is 5.92 Å². The molecule has 0 bridgehead atoms. The van der Waals surface area contributed by atoms with Gasteiger partial charge in [-0.3, -0.25) is 9.59 Å². The van der Waals surface area contributed by atoms with Crippen LogP contribution in [0.15, 0.2) is 48.7 Å². The highest BCUT2D eigenvalue weighted by Gasteiger charge is 2.24. The Morgan fingerprint density at radius 3 is 2.77 bits per heavy atom. The number of carbonyl (C=O) groups is 2. The monoisotopic (exact) mass is 468 g/mol. The third-order valence-corrected chi connectivity index (χ3v) is 7.17. The van der Waals surface area contributed by atoms with Crippen LogP contribution in [0.4, 0.5) is 5.82 Å². The van der Waals surface area contributed by atoms with Crippen LogP contribution in [0.2, 0.25) is 0 Å². The third-order valence-electron chi connectivity index (χ3n) is 7.17. The second-order valence-corrected chi connectivity index (χ2v) is 10.2. The van der Waals surface area contributed by atoms with Crippen molar-refractivity contribution >= 4 is 17.5 Å². The molecule has 1 amide bonds. The molecule has 180 valence electrons. The fraction of sp³-hybridized carbons (Fsp3) is 0.367. The van der Waals surface area contributed by atoms with Crippen LogP contribution < -0.4 is 10.1 Å². The molecule has 5 nitrogen and oxygen atoms in total.